The van der Waals surface area contributed by atoms with Gasteiger partial charge >= 0.3 is 0 Å². The van der Waals surface area contributed by atoms with Crippen LogP contribution in [0.3, 0.4) is 0 Å². The zero-order valence-corrected chi connectivity index (χ0v) is 8.89. The van der Waals surface area contributed by atoms with E-state index < -0.39 is 11.1 Å². The summed E-state index contributed by atoms with van der Waals surface area (Å²) in [6.07, 6.45) is 0. The molecular weight excluding hydrogens is 202 g/mol. The van der Waals surface area contributed by atoms with E-state index in [4.69, 9.17) is 4.74 Å². The molecule has 0 aliphatic rings. The van der Waals surface area contributed by atoms with E-state index in [-0.39, 0.29) is 5.75 Å². The summed E-state index contributed by atoms with van der Waals surface area (Å²) in [6.45, 7) is 0. The summed E-state index contributed by atoms with van der Waals surface area (Å²) in [7, 11) is 3.33. The fourth-order valence-corrected chi connectivity index (χ4v) is 1.63. The monoisotopic (exact) mass is 214 g/mol. The highest BCUT2D eigenvalue weighted by Gasteiger charge is 2.02. The maximum Gasteiger partial charge on any atom is 0.141 e. The zero-order chi connectivity index (χ0) is 10.6. The van der Waals surface area contributed by atoms with Gasteiger partial charge in [-0.2, -0.15) is 0 Å². The topological polar surface area (TPSA) is 61.4 Å². The number of anilines is 1. The quantitative estimate of drug-likeness (QED) is 0.763. The van der Waals surface area contributed by atoms with Crippen molar-refractivity contribution in [1.82, 2.24) is 0 Å². The molecule has 0 radical (unpaired) electrons. The second-order valence-corrected chi connectivity index (χ2v) is 3.63. The van der Waals surface area contributed by atoms with Crippen LogP contribution in [0.2, 0.25) is 0 Å². The summed E-state index contributed by atoms with van der Waals surface area (Å²) < 4.78 is 26.0. The molecule has 0 aromatic heterocycles. The van der Waals surface area contributed by atoms with Crippen molar-refractivity contribution < 1.29 is 13.5 Å². The van der Waals surface area contributed by atoms with Crippen molar-refractivity contribution in [3.63, 3.8) is 0 Å². The molecule has 1 N–H and O–H groups in total. The lowest BCUT2D eigenvalue weighted by atomic mass is 10.2. The fraction of sp³-hybridized carbons (Fsp3) is 0.333. The van der Waals surface area contributed by atoms with Gasteiger partial charge in [-0.3, -0.25) is 4.21 Å². The molecule has 0 spiro atoms. The van der Waals surface area contributed by atoms with Crippen LogP contribution in [0.1, 0.15) is 5.56 Å². The Labute approximate surface area is 85.6 Å². The van der Waals surface area contributed by atoms with Gasteiger partial charge in [0, 0.05) is 12.8 Å². The van der Waals surface area contributed by atoms with Gasteiger partial charge in [0.05, 0.1) is 12.8 Å². The molecule has 0 heterocycles. The number of hydrogen-bond donors (Lipinski definition) is 1. The van der Waals surface area contributed by atoms with E-state index in [2.05, 4.69) is 5.32 Å². The molecule has 78 valence electrons. The Bertz CT molecular complexity index is 341. The lowest BCUT2D eigenvalue weighted by molar-refractivity contribution is 0.416. The van der Waals surface area contributed by atoms with Crippen LogP contribution in [-0.4, -0.2) is 22.9 Å². The Morgan fingerprint density at radius 3 is 2.79 bits per heavy atom. The van der Waals surface area contributed by atoms with E-state index in [0.717, 1.165) is 11.3 Å². The van der Waals surface area contributed by atoms with E-state index in [1.165, 1.54) is 0 Å². The molecule has 1 rings (SSSR count). The number of hydrogen-bond acceptors (Lipinski definition) is 4. The third kappa shape index (κ3) is 2.71. The number of ether oxygens (including phenoxy) is 1. The van der Waals surface area contributed by atoms with Gasteiger partial charge in [0.1, 0.15) is 5.75 Å². The largest absolute Gasteiger partial charge is 0.772 e. The van der Waals surface area contributed by atoms with Gasteiger partial charge in [-0.25, -0.2) is 0 Å². The van der Waals surface area contributed by atoms with Crippen LogP contribution in [0.25, 0.3) is 0 Å². The Morgan fingerprint density at radius 2 is 2.29 bits per heavy atom. The molecule has 0 amide bonds. The summed E-state index contributed by atoms with van der Waals surface area (Å²) >= 11 is -2.05. The molecule has 1 atom stereocenters. The van der Waals surface area contributed by atoms with Crippen molar-refractivity contribution >= 4 is 16.8 Å². The average molecular weight is 214 g/mol. The van der Waals surface area contributed by atoms with E-state index in [9.17, 15) is 8.76 Å². The lowest BCUT2D eigenvalue weighted by Crippen LogP contribution is -1.98. The molecule has 1 aromatic carbocycles. The Morgan fingerprint density at radius 1 is 1.57 bits per heavy atom. The zero-order valence-electron chi connectivity index (χ0n) is 8.07. The van der Waals surface area contributed by atoms with Gasteiger partial charge in [0.2, 0.25) is 0 Å². The first-order chi connectivity index (χ1) is 6.67. The van der Waals surface area contributed by atoms with Crippen LogP contribution in [0.4, 0.5) is 5.69 Å². The molecule has 0 saturated heterocycles. The second kappa shape index (κ2) is 4.97. The second-order valence-electron chi connectivity index (χ2n) is 2.73. The van der Waals surface area contributed by atoms with Crippen molar-refractivity contribution in [3.05, 3.63) is 23.8 Å². The first kappa shape index (κ1) is 11.0. The van der Waals surface area contributed by atoms with Gasteiger partial charge in [-0.05, 0) is 17.7 Å². The highest BCUT2D eigenvalue weighted by atomic mass is 32.2. The van der Waals surface area contributed by atoms with Crippen molar-refractivity contribution in [1.29, 1.82) is 0 Å². The van der Waals surface area contributed by atoms with Gasteiger partial charge in [-0.15, -0.1) is 0 Å². The molecule has 0 bridgehead atoms. The van der Waals surface area contributed by atoms with Gasteiger partial charge in [-0.1, -0.05) is 17.1 Å². The highest BCUT2D eigenvalue weighted by Crippen LogP contribution is 2.25. The van der Waals surface area contributed by atoms with Crippen LogP contribution >= 0.6 is 0 Å². The van der Waals surface area contributed by atoms with Crippen LogP contribution < -0.4 is 10.1 Å². The van der Waals surface area contributed by atoms with Crippen molar-refractivity contribution in [3.8, 4) is 5.75 Å². The van der Waals surface area contributed by atoms with E-state index in [0.29, 0.717) is 5.75 Å². The molecule has 4 nitrogen and oxygen atoms in total. The van der Waals surface area contributed by atoms with E-state index in [1.54, 1.807) is 32.4 Å². The first-order valence-electron chi connectivity index (χ1n) is 4.08. The van der Waals surface area contributed by atoms with E-state index >= 15 is 0 Å². The summed E-state index contributed by atoms with van der Waals surface area (Å²) in [5.74, 6) is 0.728. The summed E-state index contributed by atoms with van der Waals surface area (Å²) in [6, 6.07) is 5.23. The minimum absolute atomic E-state index is 0.0265. The minimum atomic E-state index is -2.05. The predicted molar refractivity (Wildman–Crippen MR) is 55.2 cm³/mol. The van der Waals surface area contributed by atoms with Crippen LogP contribution in [0.5, 0.6) is 5.75 Å². The molecule has 0 saturated carbocycles. The van der Waals surface area contributed by atoms with Crippen LogP contribution in [0, 0.1) is 0 Å². The Hall–Kier alpha value is -1.07. The third-order valence-corrected chi connectivity index (χ3v) is 2.39. The Balaban J connectivity index is 2.95. The maximum atomic E-state index is 10.5. The molecule has 1 unspecified atom stereocenters. The molecule has 1 aromatic rings. The minimum Gasteiger partial charge on any atom is -0.772 e. The van der Waals surface area contributed by atoms with Crippen molar-refractivity contribution in [2.24, 2.45) is 0 Å². The average Bonchev–Trinajstić information content (AvgIpc) is 2.16. The fourth-order valence-electron chi connectivity index (χ4n) is 1.18. The molecule has 14 heavy (non-hydrogen) atoms. The van der Waals surface area contributed by atoms with Gasteiger partial charge < -0.3 is 14.6 Å². The number of rotatable bonds is 4. The van der Waals surface area contributed by atoms with Gasteiger partial charge in [0.25, 0.3) is 0 Å². The Kier molecular flexibility index (Phi) is 3.91. The van der Waals surface area contributed by atoms with Crippen molar-refractivity contribution in [2.45, 2.75) is 5.75 Å². The lowest BCUT2D eigenvalue weighted by Gasteiger charge is -2.11. The predicted octanol–water partition coefficient (Wildman–Crippen LogP) is 1.12. The molecule has 5 heteroatoms. The van der Waals surface area contributed by atoms with Gasteiger partial charge in [0.15, 0.2) is 0 Å². The highest BCUT2D eigenvalue weighted by molar-refractivity contribution is 7.78. The number of benzene rings is 1. The summed E-state index contributed by atoms with van der Waals surface area (Å²) in [5.41, 5.74) is 1.53. The summed E-state index contributed by atoms with van der Waals surface area (Å²) in [5, 5.41) is 2.93. The molecule has 0 aliphatic carbocycles. The van der Waals surface area contributed by atoms with E-state index in [1.807, 2.05) is 0 Å². The smallest absolute Gasteiger partial charge is 0.141 e. The first-order valence-corrected chi connectivity index (χ1v) is 5.32. The van der Waals surface area contributed by atoms with Crippen molar-refractivity contribution in [2.75, 3.05) is 19.5 Å². The standard InChI is InChI=1S/C9H13NO3S/c1-10-8-5-7(6-14(11)12)3-4-9(8)13-2/h3-5,10H,6H2,1-2H3,(H,11,12)/p-1. The maximum absolute atomic E-state index is 10.5. The molecular formula is C9H12NO3S-. The molecule has 0 fully saturated rings. The normalized spacial score (nSPS) is 12.2. The van der Waals surface area contributed by atoms with Crippen LogP contribution in [-0.2, 0) is 16.8 Å². The summed E-state index contributed by atoms with van der Waals surface area (Å²) in [4.78, 5) is 0. The number of nitrogens with one attached hydrogen (secondary N) is 1. The number of methoxy groups -OCH3 is 1. The molecule has 0 aliphatic heterocycles. The SMILES string of the molecule is CNc1cc(CS(=O)[O-])ccc1OC. The van der Waals surface area contributed by atoms with Crippen LogP contribution in [0.15, 0.2) is 18.2 Å². The third-order valence-electron chi connectivity index (χ3n) is 1.82.